The lowest BCUT2D eigenvalue weighted by atomic mass is 9.79. The minimum absolute atomic E-state index is 0.0794. The molecule has 5 atom stereocenters. The maximum absolute atomic E-state index is 12.5. The Morgan fingerprint density at radius 3 is 2.53 bits per heavy atom. The van der Waals surface area contributed by atoms with Crippen LogP contribution in [0.3, 0.4) is 0 Å². The Kier molecular flexibility index (Phi) is 5.11. The van der Waals surface area contributed by atoms with Crippen LogP contribution in [0.2, 0.25) is 0 Å². The van der Waals surface area contributed by atoms with Gasteiger partial charge in [0.1, 0.15) is 42.2 Å². The second-order valence-electron chi connectivity index (χ2n) is 8.11. The van der Waals surface area contributed by atoms with E-state index in [2.05, 4.69) is 0 Å². The highest BCUT2D eigenvalue weighted by Crippen LogP contribution is 2.44. The predicted molar refractivity (Wildman–Crippen MR) is 104 cm³/mol. The number of phenols is 1. The van der Waals surface area contributed by atoms with Gasteiger partial charge < -0.3 is 39.7 Å². The Labute approximate surface area is 172 Å². The van der Waals surface area contributed by atoms with Crippen LogP contribution in [-0.4, -0.2) is 75.2 Å². The number of carbonyl (C=O) groups is 1. The molecule has 0 spiro atoms. The highest BCUT2D eigenvalue weighted by molar-refractivity contribution is 6.09. The molecule has 0 bridgehead atoms. The molecule has 1 aliphatic heterocycles. The summed E-state index contributed by atoms with van der Waals surface area (Å²) >= 11 is 0. The van der Waals surface area contributed by atoms with E-state index >= 15 is 0 Å². The number of fused-ring (bicyclic) bond motifs is 2. The summed E-state index contributed by atoms with van der Waals surface area (Å²) in [6, 6.07) is 4.85. The predicted octanol–water partition coefficient (Wildman–Crippen LogP) is 0.252. The minimum Gasteiger partial charge on any atom is -0.506 e. The fraction of sp³-hybridized carbons (Fsp3) is 0.476. The van der Waals surface area contributed by atoms with E-state index < -0.39 is 30.2 Å². The topological polar surface area (TPSA) is 146 Å². The molecule has 1 aliphatic carbocycles. The van der Waals surface area contributed by atoms with Crippen LogP contribution in [0, 0.1) is 0 Å². The second kappa shape index (κ2) is 7.36. The van der Waals surface area contributed by atoms with E-state index in [-0.39, 0.29) is 42.3 Å². The van der Waals surface area contributed by atoms with Crippen molar-refractivity contribution in [1.82, 2.24) is 0 Å². The van der Waals surface area contributed by atoms with Gasteiger partial charge in [-0.15, -0.1) is 0 Å². The first-order valence-electron chi connectivity index (χ1n) is 9.56. The van der Waals surface area contributed by atoms with Crippen molar-refractivity contribution in [2.24, 2.45) is 0 Å². The molecule has 1 fully saturated rings. The average molecular weight is 420 g/mol. The molecule has 4 rings (SSSR count). The van der Waals surface area contributed by atoms with E-state index in [0.717, 1.165) is 0 Å². The Bertz CT molecular complexity index is 1000. The molecule has 9 nitrogen and oxygen atoms in total. The first-order valence-corrected chi connectivity index (χ1v) is 9.56. The number of rotatable bonds is 4. The van der Waals surface area contributed by atoms with Gasteiger partial charge in [-0.2, -0.15) is 0 Å². The quantitative estimate of drug-likeness (QED) is 0.470. The summed E-state index contributed by atoms with van der Waals surface area (Å²) in [6.45, 7) is 1.43. The van der Waals surface area contributed by atoms with Gasteiger partial charge in [-0.3, -0.25) is 4.79 Å². The summed E-state index contributed by atoms with van der Waals surface area (Å²) in [5.74, 6) is 0.0693. The molecule has 9 heteroatoms. The summed E-state index contributed by atoms with van der Waals surface area (Å²) < 4.78 is 16.1. The van der Waals surface area contributed by atoms with Gasteiger partial charge >= 0.3 is 0 Å². The molecule has 1 saturated heterocycles. The van der Waals surface area contributed by atoms with Crippen LogP contribution in [0.25, 0.3) is 10.8 Å². The molecule has 0 aromatic heterocycles. The van der Waals surface area contributed by atoms with Crippen molar-refractivity contribution < 1.29 is 44.5 Å². The van der Waals surface area contributed by atoms with Crippen LogP contribution in [0.15, 0.2) is 18.2 Å². The summed E-state index contributed by atoms with van der Waals surface area (Å²) in [5.41, 5.74) is -0.479. The molecule has 162 valence electrons. The Balaban J connectivity index is 1.70. The van der Waals surface area contributed by atoms with Gasteiger partial charge in [0.15, 0.2) is 12.1 Å². The van der Waals surface area contributed by atoms with Crippen molar-refractivity contribution in [3.63, 3.8) is 0 Å². The van der Waals surface area contributed by atoms with Crippen LogP contribution < -0.4 is 9.47 Å². The number of benzene rings is 2. The molecule has 2 unspecified atom stereocenters. The monoisotopic (exact) mass is 420 g/mol. The number of hydrogen-bond donors (Lipinski definition) is 5. The van der Waals surface area contributed by atoms with E-state index in [9.17, 15) is 30.3 Å². The van der Waals surface area contributed by atoms with E-state index in [4.69, 9.17) is 14.2 Å². The maximum Gasteiger partial charge on any atom is 0.184 e. The van der Waals surface area contributed by atoms with Crippen LogP contribution in [0.1, 0.15) is 29.3 Å². The molecular weight excluding hydrogens is 396 g/mol. The van der Waals surface area contributed by atoms with Crippen molar-refractivity contribution >= 4 is 16.6 Å². The van der Waals surface area contributed by atoms with Gasteiger partial charge in [0.25, 0.3) is 0 Å². The molecule has 1 heterocycles. The molecule has 0 saturated carbocycles. The first-order chi connectivity index (χ1) is 14.1. The fourth-order valence-electron chi connectivity index (χ4n) is 4.16. The average Bonchev–Trinajstić information content (AvgIpc) is 2.90. The number of phenolic OH excluding ortho intramolecular Hbond substituents is 1. The van der Waals surface area contributed by atoms with E-state index in [1.165, 1.54) is 13.2 Å². The van der Waals surface area contributed by atoms with Gasteiger partial charge in [0.2, 0.25) is 0 Å². The van der Waals surface area contributed by atoms with Gasteiger partial charge in [-0.05, 0) is 30.0 Å². The summed E-state index contributed by atoms with van der Waals surface area (Å²) in [5, 5.41) is 51.0. The smallest absolute Gasteiger partial charge is 0.184 e. The zero-order valence-corrected chi connectivity index (χ0v) is 16.5. The number of methoxy groups -OCH3 is 1. The lowest BCUT2D eigenvalue weighted by Crippen LogP contribution is -2.35. The highest BCUT2D eigenvalue weighted by Gasteiger charge is 2.42. The molecule has 2 aromatic carbocycles. The van der Waals surface area contributed by atoms with Crippen molar-refractivity contribution in [3.8, 4) is 17.2 Å². The van der Waals surface area contributed by atoms with Crippen molar-refractivity contribution in [1.29, 1.82) is 0 Å². The number of aromatic hydroxyl groups is 1. The summed E-state index contributed by atoms with van der Waals surface area (Å²) in [6.07, 6.45) is -5.01. The van der Waals surface area contributed by atoms with Crippen molar-refractivity contribution in [2.75, 3.05) is 13.7 Å². The number of hydrogen-bond acceptors (Lipinski definition) is 9. The third-order valence-electron chi connectivity index (χ3n) is 5.59. The fourth-order valence-corrected chi connectivity index (χ4v) is 4.16. The highest BCUT2D eigenvalue weighted by atomic mass is 16.7. The number of ketones is 1. The lowest BCUT2D eigenvalue weighted by Gasteiger charge is -2.30. The van der Waals surface area contributed by atoms with Gasteiger partial charge in [-0.25, -0.2) is 0 Å². The normalized spacial score (nSPS) is 31.1. The lowest BCUT2D eigenvalue weighted by molar-refractivity contribution is -0.131. The molecule has 0 radical (unpaired) electrons. The van der Waals surface area contributed by atoms with Crippen LogP contribution >= 0.6 is 0 Å². The number of aliphatic hydroxyl groups excluding tert-OH is 3. The SMILES string of the molecule is COc1cc(OC[C@@H]2OC(O)[C@@H](O)C2O)cc2cc3c(c(O)c12)C(=O)C[C@@](C)(O)C3. The zero-order valence-electron chi connectivity index (χ0n) is 16.5. The minimum atomic E-state index is -1.49. The summed E-state index contributed by atoms with van der Waals surface area (Å²) in [7, 11) is 1.42. The first kappa shape index (κ1) is 20.8. The Hall–Kier alpha value is -2.43. The number of Topliss-reactive ketones (excluding diaryl/α,β-unsaturated/α-hetero) is 1. The molecule has 5 N–H and O–H groups in total. The van der Waals surface area contributed by atoms with E-state index in [1.54, 1.807) is 19.1 Å². The summed E-state index contributed by atoms with van der Waals surface area (Å²) in [4.78, 5) is 12.5. The molecule has 2 aliphatic rings. The Morgan fingerprint density at radius 1 is 1.17 bits per heavy atom. The van der Waals surface area contributed by atoms with Crippen LogP contribution in [0.5, 0.6) is 17.2 Å². The van der Waals surface area contributed by atoms with Gasteiger partial charge in [0.05, 0.1) is 23.7 Å². The van der Waals surface area contributed by atoms with Gasteiger partial charge in [0, 0.05) is 18.9 Å². The van der Waals surface area contributed by atoms with Gasteiger partial charge in [-0.1, -0.05) is 0 Å². The van der Waals surface area contributed by atoms with Crippen molar-refractivity contribution in [2.45, 2.75) is 50.0 Å². The molecular formula is C21H24O9. The van der Waals surface area contributed by atoms with E-state index in [0.29, 0.717) is 22.1 Å². The van der Waals surface area contributed by atoms with Crippen LogP contribution in [0.4, 0.5) is 0 Å². The third-order valence-corrected chi connectivity index (χ3v) is 5.59. The third kappa shape index (κ3) is 3.48. The van der Waals surface area contributed by atoms with Crippen LogP contribution in [-0.2, 0) is 11.2 Å². The molecule has 0 amide bonds. The largest absolute Gasteiger partial charge is 0.506 e. The Morgan fingerprint density at radius 2 is 1.90 bits per heavy atom. The molecule has 30 heavy (non-hydrogen) atoms. The van der Waals surface area contributed by atoms with E-state index in [1.807, 2.05) is 0 Å². The maximum atomic E-state index is 12.5. The number of ether oxygens (including phenoxy) is 3. The zero-order chi connectivity index (χ0) is 21.8. The standard InChI is InChI=1S/C21H24O9/c1-21(27)6-10-3-9-4-11(29-8-14-17(23)19(25)20(26)30-14)5-13(28-2)16(9)18(24)15(10)12(22)7-21/h3-5,14,17,19-20,23-27H,6-8H2,1-2H3/t14-,17?,19-,20?,21-/m0/s1. The second-order valence-corrected chi connectivity index (χ2v) is 8.11. The number of carbonyl (C=O) groups excluding carboxylic acids is 1. The molecule has 2 aromatic rings. The number of aliphatic hydroxyl groups is 4. The van der Waals surface area contributed by atoms with Crippen molar-refractivity contribution in [3.05, 3.63) is 29.3 Å².